The molecule has 0 radical (unpaired) electrons. The van der Waals surface area contributed by atoms with Gasteiger partial charge in [-0.1, -0.05) is 25.8 Å². The molecule has 1 aromatic carbocycles. The molecule has 3 atom stereocenters. The van der Waals surface area contributed by atoms with Crippen LogP contribution in [-0.4, -0.2) is 19.2 Å². The number of hydrogen-bond acceptors (Lipinski definition) is 2. The number of ether oxygens (including phenoxy) is 1. The second kappa shape index (κ2) is 7.02. The SMILES string of the molecule is CCCC1CCC(NC)C(Oc2cccc(F)c2F)C1. The molecule has 3 unspecified atom stereocenters. The highest BCUT2D eigenvalue weighted by atomic mass is 19.2. The lowest BCUT2D eigenvalue weighted by molar-refractivity contribution is 0.0822. The monoisotopic (exact) mass is 283 g/mol. The van der Waals surface area contributed by atoms with Crippen molar-refractivity contribution in [2.45, 2.75) is 51.2 Å². The van der Waals surface area contributed by atoms with Crippen LogP contribution >= 0.6 is 0 Å². The average Bonchev–Trinajstić information content (AvgIpc) is 2.45. The van der Waals surface area contributed by atoms with Gasteiger partial charge in [0.15, 0.2) is 11.6 Å². The predicted molar refractivity (Wildman–Crippen MR) is 75.9 cm³/mol. The number of rotatable bonds is 5. The topological polar surface area (TPSA) is 21.3 Å². The molecule has 0 amide bonds. The number of likely N-dealkylation sites (N-methyl/N-ethyl adjacent to an activating group) is 1. The molecule has 4 heteroatoms. The minimum Gasteiger partial charge on any atom is -0.486 e. The Labute approximate surface area is 119 Å². The average molecular weight is 283 g/mol. The largest absolute Gasteiger partial charge is 0.486 e. The van der Waals surface area contributed by atoms with E-state index in [-0.39, 0.29) is 17.9 Å². The zero-order valence-electron chi connectivity index (χ0n) is 12.2. The second-order valence-electron chi connectivity index (χ2n) is 5.57. The van der Waals surface area contributed by atoms with E-state index in [1.807, 2.05) is 7.05 Å². The van der Waals surface area contributed by atoms with Crippen molar-refractivity contribution in [3.8, 4) is 5.75 Å². The smallest absolute Gasteiger partial charge is 0.200 e. The van der Waals surface area contributed by atoms with Gasteiger partial charge in [-0.25, -0.2) is 4.39 Å². The van der Waals surface area contributed by atoms with Gasteiger partial charge in [0.2, 0.25) is 5.82 Å². The van der Waals surface area contributed by atoms with Crippen molar-refractivity contribution < 1.29 is 13.5 Å². The number of hydrogen-bond donors (Lipinski definition) is 1. The van der Waals surface area contributed by atoms with Crippen molar-refractivity contribution in [3.63, 3.8) is 0 Å². The molecule has 1 fully saturated rings. The first kappa shape index (κ1) is 15.2. The first-order chi connectivity index (χ1) is 9.65. The Balaban J connectivity index is 2.09. The molecule has 0 bridgehead atoms. The highest BCUT2D eigenvalue weighted by Crippen LogP contribution is 2.32. The summed E-state index contributed by atoms with van der Waals surface area (Å²) in [6, 6.07) is 4.28. The molecule has 1 saturated carbocycles. The molecule has 1 N–H and O–H groups in total. The van der Waals surface area contributed by atoms with Crippen LogP contribution in [-0.2, 0) is 0 Å². The van der Waals surface area contributed by atoms with Crippen LogP contribution in [0.25, 0.3) is 0 Å². The Kier molecular flexibility index (Phi) is 5.35. The molecule has 1 aliphatic rings. The third-order valence-corrected chi connectivity index (χ3v) is 4.16. The molecule has 1 aliphatic carbocycles. The Bertz CT molecular complexity index is 438. The van der Waals surface area contributed by atoms with Crippen LogP contribution in [0.1, 0.15) is 39.0 Å². The van der Waals surface area contributed by atoms with E-state index < -0.39 is 11.6 Å². The van der Waals surface area contributed by atoms with Crippen molar-refractivity contribution >= 4 is 0 Å². The summed E-state index contributed by atoms with van der Waals surface area (Å²) < 4.78 is 32.7. The van der Waals surface area contributed by atoms with Crippen molar-refractivity contribution in [1.29, 1.82) is 0 Å². The Hall–Kier alpha value is -1.16. The van der Waals surface area contributed by atoms with E-state index in [2.05, 4.69) is 12.2 Å². The Morgan fingerprint density at radius 1 is 1.30 bits per heavy atom. The van der Waals surface area contributed by atoms with Crippen LogP contribution < -0.4 is 10.1 Å². The number of halogens is 2. The van der Waals surface area contributed by atoms with Gasteiger partial charge in [-0.3, -0.25) is 0 Å². The van der Waals surface area contributed by atoms with Crippen LogP contribution in [0.2, 0.25) is 0 Å². The zero-order valence-corrected chi connectivity index (χ0v) is 12.2. The van der Waals surface area contributed by atoms with Gasteiger partial charge < -0.3 is 10.1 Å². The van der Waals surface area contributed by atoms with Gasteiger partial charge in [-0.15, -0.1) is 0 Å². The van der Waals surface area contributed by atoms with Crippen LogP contribution in [0.15, 0.2) is 18.2 Å². The maximum atomic E-state index is 13.7. The molecular weight excluding hydrogens is 260 g/mol. The fourth-order valence-electron chi connectivity index (χ4n) is 3.08. The summed E-state index contributed by atoms with van der Waals surface area (Å²) in [5.41, 5.74) is 0. The van der Waals surface area contributed by atoms with Crippen molar-refractivity contribution in [2.24, 2.45) is 5.92 Å². The number of benzene rings is 1. The summed E-state index contributed by atoms with van der Waals surface area (Å²) in [5, 5.41) is 3.23. The standard InChI is InChI=1S/C16H23F2NO/c1-3-5-11-8-9-13(19-2)15(10-11)20-14-7-4-6-12(17)16(14)18/h4,6-7,11,13,15,19H,3,5,8-10H2,1-2H3. The van der Waals surface area contributed by atoms with E-state index in [4.69, 9.17) is 4.74 Å². The lowest BCUT2D eigenvalue weighted by Crippen LogP contribution is -2.45. The van der Waals surface area contributed by atoms with Crippen molar-refractivity contribution in [1.82, 2.24) is 5.32 Å². The minimum absolute atomic E-state index is 0.0207. The molecule has 0 saturated heterocycles. The van der Waals surface area contributed by atoms with Gasteiger partial charge in [0.25, 0.3) is 0 Å². The molecule has 0 aromatic heterocycles. The highest BCUT2D eigenvalue weighted by molar-refractivity contribution is 5.25. The second-order valence-corrected chi connectivity index (χ2v) is 5.57. The third kappa shape index (κ3) is 3.48. The molecule has 1 aromatic rings. The quantitative estimate of drug-likeness (QED) is 0.885. The van der Waals surface area contributed by atoms with Crippen LogP contribution in [0.3, 0.4) is 0 Å². The summed E-state index contributed by atoms with van der Waals surface area (Å²) >= 11 is 0. The van der Waals surface area contributed by atoms with E-state index in [0.29, 0.717) is 5.92 Å². The molecule has 112 valence electrons. The van der Waals surface area contributed by atoms with Crippen molar-refractivity contribution in [2.75, 3.05) is 7.05 Å². The lowest BCUT2D eigenvalue weighted by atomic mass is 9.81. The molecule has 0 heterocycles. The molecule has 0 aliphatic heterocycles. The van der Waals surface area contributed by atoms with E-state index >= 15 is 0 Å². The van der Waals surface area contributed by atoms with Crippen LogP contribution in [0, 0.1) is 17.6 Å². The molecule has 20 heavy (non-hydrogen) atoms. The summed E-state index contributed by atoms with van der Waals surface area (Å²) in [5.74, 6) is -1.11. The first-order valence-electron chi connectivity index (χ1n) is 7.43. The summed E-state index contributed by atoms with van der Waals surface area (Å²) in [6.45, 7) is 2.17. The first-order valence-corrected chi connectivity index (χ1v) is 7.43. The zero-order chi connectivity index (χ0) is 14.5. The van der Waals surface area contributed by atoms with Gasteiger partial charge >= 0.3 is 0 Å². The van der Waals surface area contributed by atoms with E-state index in [1.165, 1.54) is 25.0 Å². The molecule has 2 nitrogen and oxygen atoms in total. The van der Waals surface area contributed by atoms with Gasteiger partial charge in [0.05, 0.1) is 0 Å². The van der Waals surface area contributed by atoms with Crippen LogP contribution in [0.5, 0.6) is 5.75 Å². The van der Waals surface area contributed by atoms with Gasteiger partial charge in [0.1, 0.15) is 6.10 Å². The fourth-order valence-corrected chi connectivity index (χ4v) is 3.08. The highest BCUT2D eigenvalue weighted by Gasteiger charge is 2.31. The van der Waals surface area contributed by atoms with Gasteiger partial charge in [-0.05, 0) is 44.4 Å². The van der Waals surface area contributed by atoms with Crippen LogP contribution in [0.4, 0.5) is 8.78 Å². The number of nitrogens with one attached hydrogen (secondary N) is 1. The van der Waals surface area contributed by atoms with Crippen molar-refractivity contribution in [3.05, 3.63) is 29.8 Å². The van der Waals surface area contributed by atoms with E-state index in [1.54, 1.807) is 0 Å². The maximum Gasteiger partial charge on any atom is 0.200 e. The lowest BCUT2D eigenvalue weighted by Gasteiger charge is -2.36. The Morgan fingerprint density at radius 3 is 2.80 bits per heavy atom. The summed E-state index contributed by atoms with van der Waals surface area (Å²) in [4.78, 5) is 0. The normalized spacial score (nSPS) is 26.5. The van der Waals surface area contributed by atoms with E-state index in [9.17, 15) is 8.78 Å². The summed E-state index contributed by atoms with van der Waals surface area (Å²) in [6.07, 6.45) is 5.31. The van der Waals surface area contributed by atoms with E-state index in [0.717, 1.165) is 25.3 Å². The fraction of sp³-hybridized carbons (Fsp3) is 0.625. The predicted octanol–water partition coefficient (Wildman–Crippen LogP) is 3.90. The molecule has 0 spiro atoms. The van der Waals surface area contributed by atoms with Gasteiger partial charge in [0, 0.05) is 6.04 Å². The minimum atomic E-state index is -0.889. The van der Waals surface area contributed by atoms with Gasteiger partial charge in [-0.2, -0.15) is 4.39 Å². The summed E-state index contributed by atoms with van der Waals surface area (Å²) in [7, 11) is 1.89. The molecular formula is C16H23F2NO. The Morgan fingerprint density at radius 2 is 2.10 bits per heavy atom. The molecule has 2 rings (SSSR count). The third-order valence-electron chi connectivity index (χ3n) is 4.16. The maximum absolute atomic E-state index is 13.7.